The Morgan fingerprint density at radius 1 is 0.955 bits per heavy atom. The van der Waals surface area contributed by atoms with Gasteiger partial charge in [0, 0.05) is 0 Å². The van der Waals surface area contributed by atoms with Crippen LogP contribution in [0.4, 0.5) is 0 Å². The van der Waals surface area contributed by atoms with Gasteiger partial charge in [-0.15, -0.1) is 0 Å². The standard InChI is InChI=1S/C21H35N/c1-3-5-16-6-9-19-17(13-16)7-8-18-14-21(15-22,11-4-2)12-10-20(18)19/h16-20H,3-14H2,1-2H3. The Labute approximate surface area is 137 Å². The fourth-order valence-electron chi connectivity index (χ4n) is 6.56. The van der Waals surface area contributed by atoms with Gasteiger partial charge in [-0.3, -0.25) is 0 Å². The third-order valence-corrected chi connectivity index (χ3v) is 7.49. The van der Waals surface area contributed by atoms with Crippen LogP contribution in [0, 0.1) is 46.3 Å². The van der Waals surface area contributed by atoms with Crippen LogP contribution in [0.15, 0.2) is 0 Å². The van der Waals surface area contributed by atoms with E-state index in [1.54, 1.807) is 0 Å². The van der Waals surface area contributed by atoms with Gasteiger partial charge >= 0.3 is 0 Å². The molecule has 0 amide bonds. The van der Waals surface area contributed by atoms with Crippen LogP contribution in [0.1, 0.15) is 90.9 Å². The van der Waals surface area contributed by atoms with Crippen LogP contribution in [0.3, 0.4) is 0 Å². The first-order valence-corrected chi connectivity index (χ1v) is 10.1. The highest BCUT2D eigenvalue weighted by atomic mass is 14.5. The zero-order valence-corrected chi connectivity index (χ0v) is 14.8. The Bertz CT molecular complexity index is 409. The zero-order chi connectivity index (χ0) is 15.6. The maximum absolute atomic E-state index is 9.74. The fraction of sp³-hybridized carbons (Fsp3) is 0.952. The molecular formula is C21H35N. The Morgan fingerprint density at radius 3 is 2.45 bits per heavy atom. The largest absolute Gasteiger partial charge is 0.198 e. The van der Waals surface area contributed by atoms with E-state index in [1.807, 2.05) is 0 Å². The minimum absolute atomic E-state index is 0.0438. The Balaban J connectivity index is 1.64. The van der Waals surface area contributed by atoms with E-state index in [9.17, 15) is 5.26 Å². The van der Waals surface area contributed by atoms with Crippen molar-refractivity contribution < 1.29 is 0 Å². The molecule has 0 bridgehead atoms. The molecule has 3 rings (SSSR count). The van der Waals surface area contributed by atoms with Crippen molar-refractivity contribution in [3.05, 3.63) is 0 Å². The molecule has 6 unspecified atom stereocenters. The summed E-state index contributed by atoms with van der Waals surface area (Å²) in [6.07, 6.45) is 16.4. The monoisotopic (exact) mass is 301 g/mol. The van der Waals surface area contributed by atoms with E-state index in [1.165, 1.54) is 70.6 Å². The van der Waals surface area contributed by atoms with Crippen molar-refractivity contribution in [1.82, 2.24) is 0 Å². The van der Waals surface area contributed by atoms with Gasteiger partial charge in [0.05, 0.1) is 11.5 Å². The summed E-state index contributed by atoms with van der Waals surface area (Å²) in [5.74, 6) is 4.94. The Hall–Kier alpha value is -0.510. The number of rotatable bonds is 4. The van der Waals surface area contributed by atoms with Gasteiger partial charge in [0.1, 0.15) is 0 Å². The summed E-state index contributed by atoms with van der Waals surface area (Å²) in [7, 11) is 0. The average Bonchev–Trinajstić information content (AvgIpc) is 2.55. The third kappa shape index (κ3) is 3.08. The van der Waals surface area contributed by atoms with Gasteiger partial charge in [-0.2, -0.15) is 5.26 Å². The van der Waals surface area contributed by atoms with E-state index < -0.39 is 0 Å². The van der Waals surface area contributed by atoms with Crippen molar-refractivity contribution in [2.24, 2.45) is 35.0 Å². The van der Waals surface area contributed by atoms with Crippen molar-refractivity contribution in [1.29, 1.82) is 5.26 Å². The van der Waals surface area contributed by atoms with Gasteiger partial charge in [-0.1, -0.05) is 39.5 Å². The van der Waals surface area contributed by atoms with E-state index in [0.29, 0.717) is 0 Å². The zero-order valence-electron chi connectivity index (χ0n) is 14.8. The van der Waals surface area contributed by atoms with Crippen molar-refractivity contribution in [2.75, 3.05) is 0 Å². The maximum atomic E-state index is 9.74. The lowest BCUT2D eigenvalue weighted by Crippen LogP contribution is -2.44. The first kappa shape index (κ1) is 16.4. The van der Waals surface area contributed by atoms with Crippen LogP contribution in [0.25, 0.3) is 0 Å². The summed E-state index contributed by atoms with van der Waals surface area (Å²) in [6.45, 7) is 4.59. The van der Waals surface area contributed by atoms with E-state index in [0.717, 1.165) is 36.0 Å². The number of hydrogen-bond acceptors (Lipinski definition) is 1. The molecular weight excluding hydrogens is 266 g/mol. The summed E-state index contributed by atoms with van der Waals surface area (Å²) in [5, 5.41) is 9.74. The fourth-order valence-corrected chi connectivity index (χ4v) is 6.56. The van der Waals surface area contributed by atoms with Crippen LogP contribution >= 0.6 is 0 Å². The minimum Gasteiger partial charge on any atom is -0.198 e. The number of nitriles is 1. The predicted molar refractivity (Wildman–Crippen MR) is 92.2 cm³/mol. The molecule has 3 aliphatic rings. The summed E-state index contributed by atoms with van der Waals surface area (Å²) in [6, 6.07) is 2.75. The molecule has 6 atom stereocenters. The minimum atomic E-state index is 0.0438. The molecule has 124 valence electrons. The molecule has 0 N–H and O–H groups in total. The van der Waals surface area contributed by atoms with Gasteiger partial charge < -0.3 is 0 Å². The first-order chi connectivity index (χ1) is 10.7. The Kier molecular flexibility index (Phi) is 5.16. The highest BCUT2D eigenvalue weighted by Gasteiger charge is 2.48. The molecule has 3 aliphatic carbocycles. The molecule has 3 fully saturated rings. The van der Waals surface area contributed by atoms with Gasteiger partial charge in [-0.05, 0) is 81.0 Å². The number of fused-ring (bicyclic) bond motifs is 3. The molecule has 0 aromatic rings. The lowest BCUT2D eigenvalue weighted by molar-refractivity contribution is -0.0176. The normalized spacial score (nSPS) is 44.7. The second-order valence-electron chi connectivity index (χ2n) is 8.78. The highest BCUT2D eigenvalue weighted by Crippen LogP contribution is 2.56. The van der Waals surface area contributed by atoms with Crippen LogP contribution in [-0.2, 0) is 0 Å². The van der Waals surface area contributed by atoms with Crippen molar-refractivity contribution in [2.45, 2.75) is 90.9 Å². The molecule has 0 heterocycles. The molecule has 0 aromatic carbocycles. The van der Waals surface area contributed by atoms with Gasteiger partial charge in [0.15, 0.2) is 0 Å². The van der Waals surface area contributed by atoms with Gasteiger partial charge in [0.2, 0.25) is 0 Å². The predicted octanol–water partition coefficient (Wildman–Crippen LogP) is 6.34. The van der Waals surface area contributed by atoms with Crippen LogP contribution in [0.2, 0.25) is 0 Å². The van der Waals surface area contributed by atoms with E-state index in [2.05, 4.69) is 19.9 Å². The highest BCUT2D eigenvalue weighted by molar-refractivity contribution is 5.06. The molecule has 22 heavy (non-hydrogen) atoms. The lowest BCUT2D eigenvalue weighted by Gasteiger charge is -2.52. The summed E-state index contributed by atoms with van der Waals surface area (Å²) >= 11 is 0. The molecule has 0 aliphatic heterocycles. The molecule has 0 radical (unpaired) electrons. The van der Waals surface area contributed by atoms with Crippen molar-refractivity contribution >= 4 is 0 Å². The summed E-state index contributed by atoms with van der Waals surface area (Å²) < 4.78 is 0. The average molecular weight is 302 g/mol. The van der Waals surface area contributed by atoms with Gasteiger partial charge in [-0.25, -0.2) is 0 Å². The molecule has 0 saturated heterocycles. The molecule has 0 aromatic heterocycles. The molecule has 1 heteroatoms. The van der Waals surface area contributed by atoms with E-state index in [4.69, 9.17) is 0 Å². The number of nitrogens with zero attached hydrogens (tertiary/aromatic N) is 1. The van der Waals surface area contributed by atoms with Crippen molar-refractivity contribution in [3.8, 4) is 6.07 Å². The first-order valence-electron chi connectivity index (χ1n) is 10.1. The molecule has 1 nitrogen and oxygen atoms in total. The van der Waals surface area contributed by atoms with Crippen LogP contribution in [-0.4, -0.2) is 0 Å². The second kappa shape index (κ2) is 6.94. The van der Waals surface area contributed by atoms with E-state index in [-0.39, 0.29) is 5.41 Å². The topological polar surface area (TPSA) is 23.8 Å². The quantitative estimate of drug-likeness (QED) is 0.594. The summed E-state index contributed by atoms with van der Waals surface area (Å²) in [4.78, 5) is 0. The summed E-state index contributed by atoms with van der Waals surface area (Å²) in [5.41, 5.74) is 0.0438. The van der Waals surface area contributed by atoms with Crippen LogP contribution < -0.4 is 0 Å². The van der Waals surface area contributed by atoms with Gasteiger partial charge in [0.25, 0.3) is 0 Å². The van der Waals surface area contributed by atoms with E-state index >= 15 is 0 Å². The Morgan fingerprint density at radius 2 is 1.73 bits per heavy atom. The third-order valence-electron chi connectivity index (χ3n) is 7.49. The van der Waals surface area contributed by atoms with Crippen molar-refractivity contribution in [3.63, 3.8) is 0 Å². The molecule has 0 spiro atoms. The SMILES string of the molecule is CCCC1CCC2C(CCC3CC(C#N)(CCC)CCC32)C1. The maximum Gasteiger partial charge on any atom is 0.0689 e. The molecule has 3 saturated carbocycles. The second-order valence-corrected chi connectivity index (χ2v) is 8.78. The number of hydrogen-bond donors (Lipinski definition) is 0. The lowest BCUT2D eigenvalue weighted by atomic mass is 9.52. The van der Waals surface area contributed by atoms with Crippen LogP contribution in [0.5, 0.6) is 0 Å². The smallest absolute Gasteiger partial charge is 0.0689 e.